The van der Waals surface area contributed by atoms with Gasteiger partial charge in [-0.1, -0.05) is 42.4 Å². The zero-order valence-corrected chi connectivity index (χ0v) is 18.6. The third-order valence-corrected chi connectivity index (χ3v) is 6.56. The third kappa shape index (κ3) is 6.37. The minimum Gasteiger partial charge on any atom is -0.356 e. The molecule has 2 aliphatic rings. The van der Waals surface area contributed by atoms with Crippen LogP contribution in [0.2, 0.25) is 0 Å². The van der Waals surface area contributed by atoms with Crippen LogP contribution >= 0.6 is 0 Å². The zero-order chi connectivity index (χ0) is 21.5. The van der Waals surface area contributed by atoms with Crippen LogP contribution in [0.15, 0.2) is 34.9 Å². The minimum absolute atomic E-state index is 0.0427. The van der Waals surface area contributed by atoms with E-state index in [1.165, 1.54) is 25.9 Å². The van der Waals surface area contributed by atoms with Crippen LogP contribution in [-0.2, 0) is 11.3 Å². The lowest BCUT2D eigenvalue weighted by Crippen LogP contribution is -2.43. The molecule has 1 aromatic heterocycles. The first-order chi connectivity index (χ1) is 15.2. The Hall–Kier alpha value is -2.25. The van der Waals surface area contributed by atoms with Gasteiger partial charge in [-0.25, -0.2) is 0 Å². The first kappa shape index (κ1) is 22.0. The van der Waals surface area contributed by atoms with Crippen molar-refractivity contribution in [1.82, 2.24) is 25.3 Å². The molecule has 0 spiro atoms. The van der Waals surface area contributed by atoms with E-state index in [-0.39, 0.29) is 11.8 Å². The Morgan fingerprint density at radius 1 is 1.13 bits per heavy atom. The number of carbonyl (C=O) groups excluding carboxylic acids is 1. The predicted molar refractivity (Wildman–Crippen MR) is 120 cm³/mol. The van der Waals surface area contributed by atoms with Crippen molar-refractivity contribution in [2.24, 2.45) is 11.8 Å². The zero-order valence-electron chi connectivity index (χ0n) is 18.6. The molecule has 3 heterocycles. The van der Waals surface area contributed by atoms with E-state index in [9.17, 15) is 4.79 Å². The molecule has 2 aromatic rings. The van der Waals surface area contributed by atoms with Crippen LogP contribution in [0.25, 0.3) is 11.4 Å². The van der Waals surface area contributed by atoms with E-state index >= 15 is 0 Å². The summed E-state index contributed by atoms with van der Waals surface area (Å²) in [5, 5.41) is 7.27. The predicted octanol–water partition coefficient (Wildman–Crippen LogP) is 3.19. The Morgan fingerprint density at radius 2 is 1.94 bits per heavy atom. The molecule has 1 N–H and O–H groups in total. The summed E-state index contributed by atoms with van der Waals surface area (Å²) in [6.07, 6.45) is 5.60. The van der Waals surface area contributed by atoms with Gasteiger partial charge in [-0.2, -0.15) is 4.98 Å². The number of aromatic nitrogens is 2. The van der Waals surface area contributed by atoms with Gasteiger partial charge in [-0.3, -0.25) is 9.69 Å². The molecule has 0 bridgehead atoms. The van der Waals surface area contributed by atoms with Gasteiger partial charge in [0.2, 0.25) is 17.6 Å². The number of amides is 1. The van der Waals surface area contributed by atoms with Crippen molar-refractivity contribution in [3.8, 4) is 11.4 Å². The smallest absolute Gasteiger partial charge is 0.241 e. The molecule has 2 fully saturated rings. The Morgan fingerprint density at radius 3 is 2.74 bits per heavy atom. The average Bonchev–Trinajstić information content (AvgIpc) is 3.27. The molecule has 4 rings (SSSR count). The number of carbonyl (C=O) groups is 1. The largest absolute Gasteiger partial charge is 0.356 e. The SMILES string of the molecule is CC1CCN(CCCNC(=O)C2CCCN(Cc3nc(-c4ccccc4)no3)C2)CC1. The van der Waals surface area contributed by atoms with E-state index in [2.05, 4.69) is 32.2 Å². The molecule has 31 heavy (non-hydrogen) atoms. The molecule has 7 nitrogen and oxygen atoms in total. The molecule has 1 atom stereocenters. The molecule has 2 aliphatic heterocycles. The highest BCUT2D eigenvalue weighted by Crippen LogP contribution is 2.20. The summed E-state index contributed by atoms with van der Waals surface area (Å²) in [5.74, 6) is 2.32. The summed E-state index contributed by atoms with van der Waals surface area (Å²) in [5.41, 5.74) is 0.951. The highest BCUT2D eigenvalue weighted by molar-refractivity contribution is 5.78. The van der Waals surface area contributed by atoms with Gasteiger partial charge in [0.05, 0.1) is 12.5 Å². The van der Waals surface area contributed by atoms with Crippen molar-refractivity contribution in [2.45, 2.75) is 45.6 Å². The van der Waals surface area contributed by atoms with Crippen molar-refractivity contribution in [1.29, 1.82) is 0 Å². The lowest BCUT2D eigenvalue weighted by atomic mass is 9.97. The summed E-state index contributed by atoms with van der Waals surface area (Å²) in [6.45, 7) is 8.90. The maximum Gasteiger partial charge on any atom is 0.241 e. The van der Waals surface area contributed by atoms with E-state index in [0.717, 1.165) is 56.9 Å². The number of benzene rings is 1. The van der Waals surface area contributed by atoms with Crippen molar-refractivity contribution in [2.75, 3.05) is 39.3 Å². The van der Waals surface area contributed by atoms with Crippen LogP contribution in [0.4, 0.5) is 0 Å². The van der Waals surface area contributed by atoms with E-state index in [0.29, 0.717) is 18.3 Å². The van der Waals surface area contributed by atoms with Gasteiger partial charge in [-0.05, 0) is 64.2 Å². The molecule has 0 aliphatic carbocycles. The summed E-state index contributed by atoms with van der Waals surface area (Å²) in [7, 11) is 0. The van der Waals surface area contributed by atoms with Gasteiger partial charge in [0.25, 0.3) is 0 Å². The fraction of sp³-hybridized carbons (Fsp3) is 0.625. The number of likely N-dealkylation sites (tertiary alicyclic amines) is 2. The standard InChI is InChI=1S/C24H35N5O2/c1-19-10-15-28(16-11-19)14-6-12-25-24(30)21-9-5-13-29(17-21)18-22-26-23(27-31-22)20-7-3-2-4-8-20/h2-4,7-8,19,21H,5-6,9-18H2,1H3,(H,25,30). The van der Waals surface area contributed by atoms with Crippen molar-refractivity contribution >= 4 is 5.91 Å². The Labute approximate surface area is 185 Å². The molecule has 1 aromatic carbocycles. The van der Waals surface area contributed by atoms with Crippen molar-refractivity contribution < 1.29 is 9.32 Å². The van der Waals surface area contributed by atoms with Gasteiger partial charge >= 0.3 is 0 Å². The van der Waals surface area contributed by atoms with Crippen molar-refractivity contribution in [3.63, 3.8) is 0 Å². The summed E-state index contributed by atoms with van der Waals surface area (Å²) in [6, 6.07) is 9.85. The van der Waals surface area contributed by atoms with E-state index in [4.69, 9.17) is 4.52 Å². The molecular formula is C24H35N5O2. The Balaban J connectivity index is 1.18. The molecule has 1 unspecified atom stereocenters. The van der Waals surface area contributed by atoms with E-state index < -0.39 is 0 Å². The quantitative estimate of drug-likeness (QED) is 0.655. The Bertz CT molecular complexity index is 816. The molecule has 0 saturated carbocycles. The monoisotopic (exact) mass is 425 g/mol. The second-order valence-electron chi connectivity index (χ2n) is 9.12. The highest BCUT2D eigenvalue weighted by Gasteiger charge is 2.27. The first-order valence-corrected chi connectivity index (χ1v) is 11.8. The van der Waals surface area contributed by atoms with E-state index in [1.807, 2.05) is 30.3 Å². The molecule has 168 valence electrons. The third-order valence-electron chi connectivity index (χ3n) is 6.56. The summed E-state index contributed by atoms with van der Waals surface area (Å²) in [4.78, 5) is 22.0. The molecular weight excluding hydrogens is 390 g/mol. The van der Waals surface area contributed by atoms with Crippen LogP contribution in [0.1, 0.15) is 44.9 Å². The fourth-order valence-electron chi connectivity index (χ4n) is 4.57. The topological polar surface area (TPSA) is 74.5 Å². The average molecular weight is 426 g/mol. The fourth-order valence-corrected chi connectivity index (χ4v) is 4.57. The van der Waals surface area contributed by atoms with Gasteiger partial charge < -0.3 is 14.7 Å². The number of piperidine rings is 2. The number of hydrogen-bond donors (Lipinski definition) is 1. The second kappa shape index (κ2) is 10.9. The van der Waals surface area contributed by atoms with Crippen LogP contribution < -0.4 is 5.32 Å². The minimum atomic E-state index is 0.0427. The highest BCUT2D eigenvalue weighted by atomic mass is 16.5. The van der Waals surface area contributed by atoms with Gasteiger partial charge in [-0.15, -0.1) is 0 Å². The first-order valence-electron chi connectivity index (χ1n) is 11.8. The summed E-state index contributed by atoms with van der Waals surface area (Å²) >= 11 is 0. The van der Waals surface area contributed by atoms with Gasteiger partial charge in [0.15, 0.2) is 0 Å². The van der Waals surface area contributed by atoms with Gasteiger partial charge in [0.1, 0.15) is 0 Å². The van der Waals surface area contributed by atoms with Crippen LogP contribution in [0.5, 0.6) is 0 Å². The normalized spacial score (nSPS) is 21.3. The molecule has 1 amide bonds. The number of hydrogen-bond acceptors (Lipinski definition) is 6. The molecule has 7 heteroatoms. The lowest BCUT2D eigenvalue weighted by molar-refractivity contribution is -0.126. The van der Waals surface area contributed by atoms with E-state index in [1.54, 1.807) is 0 Å². The maximum absolute atomic E-state index is 12.7. The Kier molecular flexibility index (Phi) is 7.70. The van der Waals surface area contributed by atoms with Crippen LogP contribution in [-0.4, -0.2) is 65.1 Å². The number of rotatable bonds is 8. The van der Waals surface area contributed by atoms with Gasteiger partial charge in [0, 0.05) is 18.7 Å². The number of nitrogens with one attached hydrogen (secondary N) is 1. The van der Waals surface area contributed by atoms with Crippen molar-refractivity contribution in [3.05, 3.63) is 36.2 Å². The maximum atomic E-state index is 12.7. The second-order valence-corrected chi connectivity index (χ2v) is 9.12. The summed E-state index contributed by atoms with van der Waals surface area (Å²) < 4.78 is 5.45. The molecule has 2 saturated heterocycles. The number of nitrogens with zero attached hydrogens (tertiary/aromatic N) is 4. The van der Waals surface area contributed by atoms with Crippen LogP contribution in [0.3, 0.4) is 0 Å². The molecule has 0 radical (unpaired) electrons. The van der Waals surface area contributed by atoms with Crippen LogP contribution in [0, 0.1) is 11.8 Å². The lowest BCUT2D eigenvalue weighted by Gasteiger charge is -2.31.